The Morgan fingerprint density at radius 2 is 2.00 bits per heavy atom. The molecule has 0 fully saturated rings. The molecule has 8 nitrogen and oxygen atoms in total. The van der Waals surface area contributed by atoms with Crippen LogP contribution >= 0.6 is 0 Å². The zero-order valence-corrected chi connectivity index (χ0v) is 14.6. The summed E-state index contributed by atoms with van der Waals surface area (Å²) in [6.45, 7) is 1.52. The van der Waals surface area contributed by atoms with Crippen LogP contribution in [0.15, 0.2) is 52.2 Å². The van der Waals surface area contributed by atoms with Gasteiger partial charge in [-0.2, -0.15) is 4.31 Å². The van der Waals surface area contributed by atoms with Gasteiger partial charge in [-0.25, -0.2) is 13.2 Å². The van der Waals surface area contributed by atoms with E-state index in [1.54, 1.807) is 25.1 Å². The highest BCUT2D eigenvalue weighted by Crippen LogP contribution is 2.15. The summed E-state index contributed by atoms with van der Waals surface area (Å²) in [5, 5.41) is 2.30. The van der Waals surface area contributed by atoms with E-state index in [1.165, 1.54) is 31.5 Å². The van der Waals surface area contributed by atoms with Crippen molar-refractivity contribution in [3.63, 3.8) is 0 Å². The van der Waals surface area contributed by atoms with E-state index in [4.69, 9.17) is 9.15 Å². The lowest BCUT2D eigenvalue weighted by Crippen LogP contribution is -2.34. The number of rotatable bonds is 7. The van der Waals surface area contributed by atoms with Crippen molar-refractivity contribution in [1.82, 2.24) is 4.31 Å². The first-order valence-corrected chi connectivity index (χ1v) is 8.85. The van der Waals surface area contributed by atoms with Crippen molar-refractivity contribution in [3.8, 4) is 0 Å². The molecule has 25 heavy (non-hydrogen) atoms. The molecule has 0 spiro atoms. The first-order valence-electron chi connectivity index (χ1n) is 7.41. The van der Waals surface area contributed by atoms with Gasteiger partial charge in [0.05, 0.1) is 25.0 Å². The van der Waals surface area contributed by atoms with E-state index in [-0.39, 0.29) is 17.3 Å². The fourth-order valence-corrected chi connectivity index (χ4v) is 3.01. The zero-order valence-electron chi connectivity index (χ0n) is 13.8. The van der Waals surface area contributed by atoms with Crippen LogP contribution in [0.25, 0.3) is 0 Å². The highest BCUT2D eigenvalue weighted by Gasteiger charge is 2.25. The summed E-state index contributed by atoms with van der Waals surface area (Å²) < 4.78 is 35.0. The molecule has 9 heteroatoms. The van der Waals surface area contributed by atoms with Crippen LogP contribution in [0.1, 0.15) is 17.3 Å². The van der Waals surface area contributed by atoms with Crippen molar-refractivity contribution >= 4 is 27.6 Å². The number of hydrogen-bond donors (Lipinski definition) is 1. The molecule has 1 N–H and O–H groups in total. The maximum absolute atomic E-state index is 12.2. The van der Waals surface area contributed by atoms with Gasteiger partial charge >= 0.3 is 5.97 Å². The van der Waals surface area contributed by atoms with Gasteiger partial charge in [-0.3, -0.25) is 4.79 Å². The quantitative estimate of drug-likeness (QED) is 0.748. The van der Waals surface area contributed by atoms with Gasteiger partial charge < -0.3 is 14.5 Å². The van der Waals surface area contributed by atoms with Gasteiger partial charge in [0.15, 0.2) is 0 Å². The van der Waals surface area contributed by atoms with Gasteiger partial charge in [-0.1, -0.05) is 6.07 Å². The Morgan fingerprint density at radius 3 is 2.64 bits per heavy atom. The maximum atomic E-state index is 12.2. The van der Waals surface area contributed by atoms with Gasteiger partial charge in [0.1, 0.15) is 0 Å². The number of ether oxygens (including phenoxy) is 1. The lowest BCUT2D eigenvalue weighted by molar-refractivity contribution is -0.116. The van der Waals surface area contributed by atoms with Crippen LogP contribution in [0.4, 0.5) is 5.69 Å². The molecule has 2 rings (SSSR count). The number of nitrogens with one attached hydrogen (secondary N) is 1. The monoisotopic (exact) mass is 366 g/mol. The van der Waals surface area contributed by atoms with E-state index in [9.17, 15) is 18.0 Å². The fraction of sp³-hybridized carbons (Fsp3) is 0.250. The number of likely N-dealkylation sites (N-methyl/N-ethyl adjacent to an activating group) is 1. The molecule has 0 aliphatic rings. The number of esters is 1. The van der Waals surface area contributed by atoms with Crippen molar-refractivity contribution in [1.29, 1.82) is 0 Å². The molecule has 0 aliphatic carbocycles. The molecular weight excluding hydrogens is 348 g/mol. The summed E-state index contributed by atoms with van der Waals surface area (Å²) in [6.07, 6.45) is 1.24. The molecule has 0 unspecified atom stereocenters. The third kappa shape index (κ3) is 4.68. The zero-order chi connectivity index (χ0) is 18.4. The van der Waals surface area contributed by atoms with Crippen molar-refractivity contribution < 1.29 is 27.2 Å². The van der Waals surface area contributed by atoms with E-state index in [1.807, 2.05) is 0 Å². The number of furan rings is 1. The van der Waals surface area contributed by atoms with E-state index in [0.29, 0.717) is 5.69 Å². The average molecular weight is 366 g/mol. The molecule has 2 aromatic rings. The Kier molecular flexibility index (Phi) is 5.94. The minimum atomic E-state index is -3.88. The van der Waals surface area contributed by atoms with Crippen molar-refractivity contribution in [2.24, 2.45) is 0 Å². The highest BCUT2D eigenvalue weighted by molar-refractivity contribution is 7.89. The summed E-state index contributed by atoms with van der Waals surface area (Å²) in [5.41, 5.74) is 0.649. The molecule has 0 aliphatic heterocycles. The minimum Gasteiger partial charge on any atom is -0.462 e. The Morgan fingerprint density at radius 1 is 1.24 bits per heavy atom. The minimum absolute atomic E-state index is 0.241. The van der Waals surface area contributed by atoms with Gasteiger partial charge in [0.2, 0.25) is 11.0 Å². The largest absolute Gasteiger partial charge is 0.462 e. The van der Waals surface area contributed by atoms with Crippen LogP contribution in [-0.4, -0.2) is 44.8 Å². The maximum Gasteiger partial charge on any atom is 0.338 e. The van der Waals surface area contributed by atoms with Crippen LogP contribution in [-0.2, 0) is 19.6 Å². The number of sulfonamides is 1. The Bertz CT molecular complexity index is 845. The van der Waals surface area contributed by atoms with Gasteiger partial charge in [-0.05, 0) is 37.3 Å². The molecule has 0 saturated carbocycles. The molecule has 0 atom stereocenters. The predicted molar refractivity (Wildman–Crippen MR) is 89.6 cm³/mol. The van der Waals surface area contributed by atoms with Gasteiger partial charge in [-0.15, -0.1) is 0 Å². The number of carbonyl (C=O) groups excluding carboxylic acids is 2. The molecule has 0 saturated heterocycles. The third-order valence-corrected chi connectivity index (χ3v) is 4.87. The lowest BCUT2D eigenvalue weighted by Gasteiger charge is -2.15. The Balaban J connectivity index is 2.03. The Hall–Kier alpha value is -2.65. The average Bonchev–Trinajstić information content (AvgIpc) is 3.10. The van der Waals surface area contributed by atoms with Crippen molar-refractivity contribution in [2.75, 3.05) is 25.5 Å². The highest BCUT2D eigenvalue weighted by atomic mass is 32.2. The second kappa shape index (κ2) is 7.95. The first kappa shape index (κ1) is 18.7. The summed E-state index contributed by atoms with van der Waals surface area (Å²) in [6, 6.07) is 8.93. The summed E-state index contributed by atoms with van der Waals surface area (Å²) in [4.78, 5) is 23.8. The fourth-order valence-electron chi connectivity index (χ4n) is 1.99. The summed E-state index contributed by atoms with van der Waals surface area (Å²) in [7, 11) is -2.61. The van der Waals surface area contributed by atoms with Gasteiger partial charge in [0, 0.05) is 12.7 Å². The third-order valence-electron chi connectivity index (χ3n) is 3.18. The van der Waals surface area contributed by atoms with E-state index in [0.717, 1.165) is 4.31 Å². The summed E-state index contributed by atoms with van der Waals surface area (Å²) in [5.74, 6) is -1.06. The molecule has 0 radical (unpaired) electrons. The number of amides is 1. The normalized spacial score (nSPS) is 11.3. The van der Waals surface area contributed by atoms with Crippen molar-refractivity contribution in [3.05, 3.63) is 48.2 Å². The van der Waals surface area contributed by atoms with Crippen LogP contribution in [0.2, 0.25) is 0 Å². The molecule has 134 valence electrons. The van der Waals surface area contributed by atoms with E-state index >= 15 is 0 Å². The topological polar surface area (TPSA) is 106 Å². The summed E-state index contributed by atoms with van der Waals surface area (Å²) >= 11 is 0. The predicted octanol–water partition coefficient (Wildman–Crippen LogP) is 1.72. The van der Waals surface area contributed by atoms with Crippen LogP contribution in [0.3, 0.4) is 0 Å². The lowest BCUT2D eigenvalue weighted by atomic mass is 10.2. The molecule has 1 amide bonds. The number of hydrogen-bond acceptors (Lipinski definition) is 6. The number of nitrogens with zero attached hydrogens (tertiary/aromatic N) is 1. The smallest absolute Gasteiger partial charge is 0.338 e. The molecule has 1 heterocycles. The SMILES string of the molecule is CCOC(=O)c1cccc(NC(=O)CN(C)S(=O)(=O)c2ccco2)c1. The second-order valence-electron chi connectivity index (χ2n) is 5.04. The molecular formula is C16H18N2O6S. The molecule has 1 aromatic heterocycles. The first-order chi connectivity index (χ1) is 11.8. The van der Waals surface area contributed by atoms with Crippen molar-refractivity contribution in [2.45, 2.75) is 12.0 Å². The molecule has 0 bridgehead atoms. The van der Waals surface area contributed by atoms with Crippen LogP contribution in [0.5, 0.6) is 0 Å². The van der Waals surface area contributed by atoms with E-state index < -0.39 is 28.4 Å². The number of anilines is 1. The second-order valence-corrected chi connectivity index (χ2v) is 7.02. The van der Waals surface area contributed by atoms with E-state index in [2.05, 4.69) is 5.32 Å². The number of benzene rings is 1. The van der Waals surface area contributed by atoms with Crippen LogP contribution < -0.4 is 5.32 Å². The molecule has 1 aromatic carbocycles. The standard InChI is InChI=1S/C16H18N2O6S/c1-3-23-16(20)12-6-4-7-13(10-12)17-14(19)11-18(2)25(21,22)15-8-5-9-24-15/h4-10H,3,11H2,1-2H3,(H,17,19). The Labute approximate surface area is 145 Å². The van der Waals surface area contributed by atoms with Crippen LogP contribution in [0, 0.1) is 0 Å². The number of carbonyl (C=O) groups is 2. The van der Waals surface area contributed by atoms with Gasteiger partial charge in [0.25, 0.3) is 10.0 Å².